The van der Waals surface area contributed by atoms with E-state index in [0.29, 0.717) is 6.04 Å². The fraction of sp³-hybridized carbons (Fsp3) is 0.625. The van der Waals surface area contributed by atoms with Crippen molar-refractivity contribution >= 4 is 23.2 Å². The molecule has 2 fully saturated rings. The topological polar surface area (TPSA) is 35.6 Å². The van der Waals surface area contributed by atoms with Gasteiger partial charge in [0.1, 0.15) is 0 Å². The fourth-order valence-electron chi connectivity index (χ4n) is 5.00. The maximum absolute atomic E-state index is 12.3. The first-order chi connectivity index (χ1) is 14.2. The van der Waals surface area contributed by atoms with Crippen molar-refractivity contribution in [2.24, 2.45) is 5.92 Å². The molecule has 1 aromatic carbocycles. The number of allylic oxidation sites excluding steroid dienone is 1. The predicted octanol–water partition coefficient (Wildman–Crippen LogP) is 4.64. The third-order valence-electron chi connectivity index (χ3n) is 6.93. The number of anilines is 1. The van der Waals surface area contributed by atoms with Crippen molar-refractivity contribution in [3.63, 3.8) is 0 Å². The zero-order chi connectivity index (χ0) is 20.1. The zero-order valence-corrected chi connectivity index (χ0v) is 18.2. The highest BCUT2D eigenvalue weighted by Gasteiger charge is 2.25. The third kappa shape index (κ3) is 5.76. The highest BCUT2D eigenvalue weighted by atomic mass is 35.5. The minimum absolute atomic E-state index is 0.199. The van der Waals surface area contributed by atoms with E-state index in [9.17, 15) is 4.79 Å². The average molecular weight is 416 g/mol. The lowest BCUT2D eigenvalue weighted by molar-refractivity contribution is -0.118. The van der Waals surface area contributed by atoms with Gasteiger partial charge in [0, 0.05) is 48.5 Å². The molecule has 0 radical (unpaired) electrons. The maximum atomic E-state index is 12.3. The van der Waals surface area contributed by atoms with Gasteiger partial charge in [-0.3, -0.25) is 9.69 Å². The summed E-state index contributed by atoms with van der Waals surface area (Å²) in [5, 5.41) is 4.08. The Bertz CT molecular complexity index is 701. The summed E-state index contributed by atoms with van der Waals surface area (Å²) < 4.78 is 0. The van der Waals surface area contributed by atoms with Gasteiger partial charge in [-0.15, -0.1) is 0 Å². The molecule has 1 saturated carbocycles. The fourth-order valence-corrected chi connectivity index (χ4v) is 5.12. The van der Waals surface area contributed by atoms with Crippen LogP contribution in [0.1, 0.15) is 51.4 Å². The smallest absolute Gasteiger partial charge is 0.247 e. The second-order valence-corrected chi connectivity index (χ2v) is 9.34. The van der Waals surface area contributed by atoms with Crippen LogP contribution in [0, 0.1) is 5.92 Å². The molecule has 0 aromatic heterocycles. The number of piperazine rings is 1. The molecule has 0 bridgehead atoms. The molecule has 1 aliphatic heterocycles. The maximum Gasteiger partial charge on any atom is 0.247 e. The molecular formula is C24H34ClN3O. The molecule has 0 spiro atoms. The summed E-state index contributed by atoms with van der Waals surface area (Å²) in [6.45, 7) is 5.68. The summed E-state index contributed by atoms with van der Waals surface area (Å²) in [6, 6.07) is 8.60. The summed E-state index contributed by atoms with van der Waals surface area (Å²) in [5.41, 5.74) is 2.30. The van der Waals surface area contributed by atoms with Crippen LogP contribution in [0.3, 0.4) is 0 Å². The van der Waals surface area contributed by atoms with Gasteiger partial charge in [-0.1, -0.05) is 17.7 Å². The normalized spacial score (nSPS) is 25.7. The van der Waals surface area contributed by atoms with Crippen LogP contribution in [0.5, 0.6) is 0 Å². The molecule has 1 saturated heterocycles. The molecule has 1 aromatic rings. The van der Waals surface area contributed by atoms with Crippen molar-refractivity contribution in [1.82, 2.24) is 10.2 Å². The minimum Gasteiger partial charge on any atom is -0.369 e. The number of carbonyl (C=O) groups is 1. The minimum atomic E-state index is 0.199. The number of benzene rings is 1. The van der Waals surface area contributed by atoms with Gasteiger partial charge < -0.3 is 10.2 Å². The Kier molecular flexibility index (Phi) is 7.15. The number of hydrogen-bond acceptors (Lipinski definition) is 3. The molecule has 1 heterocycles. The lowest BCUT2D eigenvalue weighted by Gasteiger charge is -2.37. The van der Waals surface area contributed by atoms with E-state index < -0.39 is 0 Å². The summed E-state index contributed by atoms with van der Waals surface area (Å²) >= 11 is 6.00. The van der Waals surface area contributed by atoms with Crippen LogP contribution in [-0.4, -0.2) is 49.6 Å². The monoisotopic (exact) mass is 415 g/mol. The van der Waals surface area contributed by atoms with E-state index in [1.54, 1.807) is 0 Å². The Labute approximate surface area is 180 Å². The predicted molar refractivity (Wildman–Crippen MR) is 121 cm³/mol. The van der Waals surface area contributed by atoms with Crippen LogP contribution >= 0.6 is 11.6 Å². The second-order valence-electron chi connectivity index (χ2n) is 8.91. The Morgan fingerprint density at radius 3 is 2.41 bits per heavy atom. The van der Waals surface area contributed by atoms with E-state index in [4.69, 9.17) is 11.6 Å². The quantitative estimate of drug-likeness (QED) is 0.735. The first-order valence-corrected chi connectivity index (χ1v) is 11.8. The summed E-state index contributed by atoms with van der Waals surface area (Å²) in [7, 11) is 0. The van der Waals surface area contributed by atoms with E-state index in [0.717, 1.165) is 74.8 Å². The van der Waals surface area contributed by atoms with Crippen LogP contribution in [0.15, 0.2) is 35.9 Å². The van der Waals surface area contributed by atoms with E-state index in [-0.39, 0.29) is 5.91 Å². The van der Waals surface area contributed by atoms with E-state index in [1.165, 1.54) is 31.5 Å². The molecule has 4 rings (SSSR count). The number of halogens is 1. The van der Waals surface area contributed by atoms with Gasteiger partial charge in [0.05, 0.1) is 0 Å². The van der Waals surface area contributed by atoms with Crippen molar-refractivity contribution in [3.8, 4) is 0 Å². The largest absolute Gasteiger partial charge is 0.369 e. The molecule has 4 nitrogen and oxygen atoms in total. The van der Waals surface area contributed by atoms with Crippen LogP contribution in [-0.2, 0) is 4.79 Å². The molecule has 29 heavy (non-hydrogen) atoms. The molecular weight excluding hydrogens is 382 g/mol. The number of rotatable bonds is 6. The molecule has 2 aliphatic carbocycles. The van der Waals surface area contributed by atoms with Gasteiger partial charge in [0.15, 0.2) is 0 Å². The summed E-state index contributed by atoms with van der Waals surface area (Å²) in [4.78, 5) is 17.4. The molecule has 0 atom stereocenters. The van der Waals surface area contributed by atoms with Crippen LogP contribution < -0.4 is 10.2 Å². The lowest BCUT2D eigenvalue weighted by Crippen LogP contribution is -2.47. The van der Waals surface area contributed by atoms with E-state index in [2.05, 4.69) is 33.3 Å². The molecule has 1 amide bonds. The number of amides is 1. The van der Waals surface area contributed by atoms with Crippen molar-refractivity contribution in [2.75, 3.05) is 37.6 Å². The average Bonchev–Trinajstić information content (AvgIpc) is 3.29. The van der Waals surface area contributed by atoms with Crippen molar-refractivity contribution in [1.29, 1.82) is 0 Å². The van der Waals surface area contributed by atoms with Crippen LogP contribution in [0.4, 0.5) is 5.69 Å². The summed E-state index contributed by atoms with van der Waals surface area (Å²) in [6.07, 6.45) is 11.4. The first kappa shape index (κ1) is 20.7. The molecule has 1 N–H and O–H groups in total. The molecule has 3 aliphatic rings. The zero-order valence-electron chi connectivity index (χ0n) is 17.4. The van der Waals surface area contributed by atoms with Gasteiger partial charge in [0.25, 0.3) is 0 Å². The summed E-state index contributed by atoms with van der Waals surface area (Å²) in [5.74, 6) is 1.02. The Hall–Kier alpha value is -1.52. The SMILES string of the molecule is O=C(N[C@H]1CC[C@H](CCN2CCN(c3ccc(Cl)cc3)CC2)CC1)C1=CCCC1. The number of hydrogen-bond donors (Lipinski definition) is 1. The lowest BCUT2D eigenvalue weighted by atomic mass is 9.84. The second kappa shape index (κ2) is 9.99. The molecule has 5 heteroatoms. The highest BCUT2D eigenvalue weighted by Crippen LogP contribution is 2.28. The highest BCUT2D eigenvalue weighted by molar-refractivity contribution is 6.30. The Balaban J connectivity index is 1.12. The van der Waals surface area contributed by atoms with Crippen molar-refractivity contribution in [3.05, 3.63) is 40.9 Å². The van der Waals surface area contributed by atoms with E-state index >= 15 is 0 Å². The Morgan fingerprint density at radius 1 is 1.03 bits per heavy atom. The molecule has 0 unspecified atom stereocenters. The van der Waals surface area contributed by atoms with Crippen molar-refractivity contribution < 1.29 is 4.79 Å². The third-order valence-corrected chi connectivity index (χ3v) is 7.18. The van der Waals surface area contributed by atoms with Gasteiger partial charge in [-0.2, -0.15) is 0 Å². The number of nitrogens with zero attached hydrogens (tertiary/aromatic N) is 2. The van der Waals surface area contributed by atoms with Crippen molar-refractivity contribution in [2.45, 2.75) is 57.4 Å². The number of carbonyl (C=O) groups excluding carboxylic acids is 1. The Morgan fingerprint density at radius 2 is 1.76 bits per heavy atom. The van der Waals surface area contributed by atoms with Crippen LogP contribution in [0.2, 0.25) is 5.02 Å². The van der Waals surface area contributed by atoms with Gasteiger partial charge in [-0.05, 0) is 88.1 Å². The van der Waals surface area contributed by atoms with Crippen LogP contribution in [0.25, 0.3) is 0 Å². The standard InChI is InChI=1S/C24H34ClN3O/c25-21-7-11-23(12-8-21)28-17-15-27(16-18-28)14-13-19-5-9-22(10-6-19)26-24(29)20-3-1-2-4-20/h3,7-8,11-12,19,22H,1-2,4-6,9-10,13-18H2,(H,26,29)/t19-,22-. The van der Waals surface area contributed by atoms with Gasteiger partial charge >= 0.3 is 0 Å². The van der Waals surface area contributed by atoms with Gasteiger partial charge in [0.2, 0.25) is 5.91 Å². The van der Waals surface area contributed by atoms with Gasteiger partial charge in [-0.25, -0.2) is 0 Å². The number of nitrogens with one attached hydrogen (secondary N) is 1. The molecule has 158 valence electrons. The van der Waals surface area contributed by atoms with E-state index in [1.807, 2.05) is 12.1 Å². The first-order valence-electron chi connectivity index (χ1n) is 11.4.